The Morgan fingerprint density at radius 3 is 1.56 bits per heavy atom. The fourth-order valence-electron chi connectivity index (χ4n) is 6.45. The van der Waals surface area contributed by atoms with Gasteiger partial charge in [0.15, 0.2) is 6.04 Å². The molecule has 2 aliphatic rings. The van der Waals surface area contributed by atoms with Crippen LogP contribution in [-0.2, 0) is 46.6 Å². The molecule has 300 valence electrons. The van der Waals surface area contributed by atoms with E-state index in [1.807, 2.05) is 74.5 Å². The fraction of sp³-hybridized carbons (Fsp3) is 0.585. The Labute approximate surface area is 327 Å². The van der Waals surface area contributed by atoms with E-state index in [2.05, 4.69) is 24.9 Å². The Morgan fingerprint density at radius 1 is 0.722 bits per heavy atom. The quantitative estimate of drug-likeness (QED) is 0.231. The third-order valence-corrected chi connectivity index (χ3v) is 8.87. The average Bonchev–Trinajstić information content (AvgIpc) is 3.80. The van der Waals surface area contributed by atoms with E-state index in [1.165, 1.54) is 4.90 Å². The van der Waals surface area contributed by atoms with Crippen LogP contribution in [0.25, 0.3) is 0 Å². The second kappa shape index (κ2) is 22.3. The van der Waals surface area contributed by atoms with Gasteiger partial charge in [-0.2, -0.15) is 0 Å². The van der Waals surface area contributed by atoms with E-state index in [1.54, 1.807) is 25.7 Å². The highest BCUT2D eigenvalue weighted by Gasteiger charge is 2.40. The highest BCUT2D eigenvalue weighted by atomic mass is 35.5. The number of carbonyl (C=O) groups excluding carboxylic acids is 5. The Morgan fingerprint density at radius 2 is 1.15 bits per heavy atom. The monoisotopic (exact) mass is 772 g/mol. The molecule has 0 radical (unpaired) electrons. The van der Waals surface area contributed by atoms with Gasteiger partial charge in [0, 0.05) is 19.5 Å². The fourth-order valence-corrected chi connectivity index (χ4v) is 6.45. The van der Waals surface area contributed by atoms with Crippen LogP contribution in [0.5, 0.6) is 0 Å². The number of carbonyl (C=O) groups is 5. The zero-order valence-corrected chi connectivity index (χ0v) is 33.8. The number of hydrogen-bond donors (Lipinski definition) is 2. The molecule has 4 atom stereocenters. The van der Waals surface area contributed by atoms with E-state index in [4.69, 9.17) is 14.2 Å². The Bertz CT molecular complexity index is 1480. The standard InChI is InChI=1S/C23H34N2O5.C18H26N2O3.ClH/c1-16(2)14-18(24-22(28)30-23(3,4)5)20(26)25-13-9-12-19(25)21(27)29-15-17-10-7-6-8-11-17;1-13(2)11-15(19)17(21)20-10-6-9-16(20)18(22)23-12-14-7-4-3-5-8-14;/h6-8,10-11,16,18-19H,9,12-15H2,1-5H3,(H,24,28);3-5,7-8,13,15-16H,6,9-12,19H2,1-2H3;1H/t18-,19-;15-,16-;/m00./s1. The number of quaternary nitrogens is 1. The highest BCUT2D eigenvalue weighted by Crippen LogP contribution is 2.23. The van der Waals surface area contributed by atoms with E-state index >= 15 is 0 Å². The molecule has 4 N–H and O–H groups in total. The molecule has 2 aromatic rings. The first-order chi connectivity index (χ1) is 25.1. The molecule has 3 amide bonds. The predicted molar refractivity (Wildman–Crippen MR) is 201 cm³/mol. The van der Waals surface area contributed by atoms with Gasteiger partial charge in [-0.25, -0.2) is 14.4 Å². The van der Waals surface area contributed by atoms with Gasteiger partial charge in [0.25, 0.3) is 5.91 Å². The first kappa shape index (κ1) is 46.0. The van der Waals surface area contributed by atoms with Crippen molar-refractivity contribution in [1.82, 2.24) is 15.1 Å². The summed E-state index contributed by atoms with van der Waals surface area (Å²) in [6.45, 7) is 14.9. The number of amides is 3. The summed E-state index contributed by atoms with van der Waals surface area (Å²) in [6.07, 6.45) is 3.35. The zero-order chi connectivity index (χ0) is 39.1. The average molecular weight is 773 g/mol. The summed E-state index contributed by atoms with van der Waals surface area (Å²) < 4.78 is 16.2. The van der Waals surface area contributed by atoms with Crippen molar-refractivity contribution in [3.8, 4) is 0 Å². The summed E-state index contributed by atoms with van der Waals surface area (Å²) in [7, 11) is 0. The van der Waals surface area contributed by atoms with Gasteiger partial charge >= 0.3 is 18.0 Å². The number of benzene rings is 2. The second-order valence-electron chi connectivity index (χ2n) is 15.7. The van der Waals surface area contributed by atoms with Gasteiger partial charge in [-0.05, 0) is 75.8 Å². The molecule has 0 spiro atoms. The van der Waals surface area contributed by atoms with Crippen LogP contribution in [-0.4, -0.2) is 82.5 Å². The number of halogens is 1. The second-order valence-corrected chi connectivity index (χ2v) is 15.7. The first-order valence-electron chi connectivity index (χ1n) is 18.9. The summed E-state index contributed by atoms with van der Waals surface area (Å²) in [6, 6.07) is 16.9. The Balaban J connectivity index is 0.000000379. The summed E-state index contributed by atoms with van der Waals surface area (Å²) in [5.74, 6) is -0.430. The lowest BCUT2D eigenvalue weighted by atomic mass is 10.0. The van der Waals surface area contributed by atoms with Gasteiger partial charge in [-0.15, -0.1) is 0 Å². The van der Waals surface area contributed by atoms with Crippen LogP contribution in [0.15, 0.2) is 60.7 Å². The number of nitrogens with zero attached hydrogens (tertiary/aromatic N) is 2. The largest absolute Gasteiger partial charge is 1.00 e. The minimum atomic E-state index is -0.748. The number of nitrogens with one attached hydrogen (secondary N) is 1. The molecule has 0 bridgehead atoms. The van der Waals surface area contributed by atoms with Crippen LogP contribution in [0.1, 0.15) is 98.1 Å². The maximum Gasteiger partial charge on any atom is 0.408 e. The molecular formula is C41H61ClN4O8. The third kappa shape index (κ3) is 15.3. The molecule has 2 saturated heterocycles. The minimum Gasteiger partial charge on any atom is -1.00 e. The summed E-state index contributed by atoms with van der Waals surface area (Å²) in [5, 5.41) is 2.69. The molecule has 2 aliphatic heterocycles. The van der Waals surface area contributed by atoms with Crippen LogP contribution in [0, 0.1) is 11.8 Å². The van der Waals surface area contributed by atoms with Crippen molar-refractivity contribution < 1.29 is 56.3 Å². The van der Waals surface area contributed by atoms with Crippen molar-refractivity contribution in [2.45, 2.75) is 130 Å². The topological polar surface area (TPSA) is 159 Å². The maximum atomic E-state index is 13.2. The molecule has 0 aliphatic carbocycles. The van der Waals surface area contributed by atoms with E-state index < -0.39 is 35.8 Å². The normalized spacial score (nSPS) is 17.8. The molecule has 4 rings (SSSR count). The lowest BCUT2D eigenvalue weighted by molar-refractivity contribution is -0.408. The molecule has 2 aromatic carbocycles. The predicted octanol–water partition coefficient (Wildman–Crippen LogP) is 2.04. The van der Waals surface area contributed by atoms with Gasteiger partial charge in [0.05, 0.1) is 0 Å². The van der Waals surface area contributed by atoms with Crippen LogP contribution in [0.4, 0.5) is 4.79 Å². The minimum absolute atomic E-state index is 0. The van der Waals surface area contributed by atoms with Crippen LogP contribution in [0.2, 0.25) is 0 Å². The van der Waals surface area contributed by atoms with Gasteiger partial charge in [-0.1, -0.05) is 88.4 Å². The SMILES string of the molecule is CC(C)C[C@H](NC(=O)OC(C)(C)C)C(=O)N1CCC[C@H]1C(=O)OCc1ccccc1.CC(C)C[C@H]([NH3+])C(=O)N1CCC[C@H]1C(=O)OCc1ccccc1.[Cl-]. The number of likely N-dealkylation sites (tertiary alicyclic amines) is 2. The zero-order valence-electron chi connectivity index (χ0n) is 33.1. The first-order valence-corrected chi connectivity index (χ1v) is 18.9. The Hall–Kier alpha value is -4.16. The lowest BCUT2D eigenvalue weighted by Gasteiger charge is -2.29. The highest BCUT2D eigenvalue weighted by molar-refractivity contribution is 5.90. The van der Waals surface area contributed by atoms with E-state index in [-0.39, 0.29) is 55.4 Å². The van der Waals surface area contributed by atoms with Gasteiger partial charge in [-0.3, -0.25) is 9.59 Å². The smallest absolute Gasteiger partial charge is 0.408 e. The molecule has 0 unspecified atom stereocenters. The third-order valence-electron chi connectivity index (χ3n) is 8.87. The molecule has 13 heteroatoms. The Kier molecular flexibility index (Phi) is 19.0. The van der Waals surface area contributed by atoms with E-state index in [0.717, 1.165) is 30.4 Å². The van der Waals surface area contributed by atoms with Gasteiger partial charge < -0.3 is 47.5 Å². The molecule has 2 heterocycles. The molecule has 0 aromatic heterocycles. The van der Waals surface area contributed by atoms with Crippen molar-refractivity contribution in [2.75, 3.05) is 13.1 Å². The van der Waals surface area contributed by atoms with Crippen molar-refractivity contribution in [3.63, 3.8) is 0 Å². The van der Waals surface area contributed by atoms with Crippen molar-refractivity contribution >= 4 is 29.8 Å². The number of rotatable bonds is 13. The van der Waals surface area contributed by atoms with Crippen molar-refractivity contribution in [3.05, 3.63) is 71.8 Å². The van der Waals surface area contributed by atoms with E-state index in [9.17, 15) is 24.0 Å². The maximum absolute atomic E-state index is 13.2. The molecular weight excluding hydrogens is 712 g/mol. The molecule has 0 saturated carbocycles. The van der Waals surface area contributed by atoms with Gasteiger partial charge in [0.1, 0.15) is 36.9 Å². The van der Waals surface area contributed by atoms with Crippen molar-refractivity contribution in [2.24, 2.45) is 11.8 Å². The number of esters is 2. The molecule has 2 fully saturated rings. The molecule has 54 heavy (non-hydrogen) atoms. The lowest BCUT2D eigenvalue weighted by Crippen LogP contribution is -3.00. The summed E-state index contributed by atoms with van der Waals surface area (Å²) >= 11 is 0. The number of alkyl carbamates (subject to hydrolysis) is 1. The van der Waals surface area contributed by atoms with E-state index in [0.29, 0.717) is 38.3 Å². The van der Waals surface area contributed by atoms with Crippen molar-refractivity contribution in [1.29, 1.82) is 0 Å². The van der Waals surface area contributed by atoms with Gasteiger partial charge in [0.2, 0.25) is 5.91 Å². The molecule has 12 nitrogen and oxygen atoms in total. The van der Waals surface area contributed by atoms with Crippen LogP contribution < -0.4 is 23.5 Å². The summed E-state index contributed by atoms with van der Waals surface area (Å²) in [4.78, 5) is 66.2. The van der Waals surface area contributed by atoms with Crippen LogP contribution in [0.3, 0.4) is 0 Å². The number of hydrogen-bond acceptors (Lipinski definition) is 8. The van der Waals surface area contributed by atoms with Crippen LogP contribution >= 0.6 is 0 Å². The number of ether oxygens (including phenoxy) is 3. The summed E-state index contributed by atoms with van der Waals surface area (Å²) in [5.41, 5.74) is 5.15.